The summed E-state index contributed by atoms with van der Waals surface area (Å²) in [7, 11) is 0. The first-order valence-electron chi connectivity index (χ1n) is 6.96. The van der Waals surface area contributed by atoms with Crippen molar-refractivity contribution in [3.05, 3.63) is 68.3 Å². The predicted octanol–water partition coefficient (Wildman–Crippen LogP) is 1.42. The molecule has 0 aliphatic heterocycles. The van der Waals surface area contributed by atoms with Gasteiger partial charge in [-0.15, -0.1) is 0 Å². The lowest BCUT2D eigenvalue weighted by atomic mass is 10.1. The summed E-state index contributed by atoms with van der Waals surface area (Å²) in [5, 5.41) is 30.5. The maximum absolute atomic E-state index is 11.1. The molecule has 0 aromatic heterocycles. The van der Waals surface area contributed by atoms with Gasteiger partial charge in [-0.1, -0.05) is 12.1 Å². The zero-order valence-corrected chi connectivity index (χ0v) is 13.2. The van der Waals surface area contributed by atoms with Gasteiger partial charge in [0.15, 0.2) is 0 Å². The molecule has 5 N–H and O–H groups in total. The number of nitro groups is 2. The van der Waals surface area contributed by atoms with Crippen LogP contribution in [0.15, 0.2) is 42.5 Å². The lowest BCUT2D eigenvalue weighted by Gasteiger charge is -2.09. The monoisotopic (exact) mass is 365 g/mol. The van der Waals surface area contributed by atoms with E-state index in [9.17, 15) is 25.0 Å². The van der Waals surface area contributed by atoms with Gasteiger partial charge in [0, 0.05) is 6.07 Å². The van der Waals surface area contributed by atoms with Crippen molar-refractivity contribution in [1.82, 2.24) is 0 Å². The number of benzene rings is 2. The largest absolute Gasteiger partial charge is 0.480 e. The lowest BCUT2D eigenvalue weighted by molar-refractivity contribution is -0.394. The third kappa shape index (κ3) is 4.96. The van der Waals surface area contributed by atoms with Crippen molar-refractivity contribution in [3.63, 3.8) is 0 Å². The first-order chi connectivity index (χ1) is 11.8. The van der Waals surface area contributed by atoms with Gasteiger partial charge in [0.2, 0.25) is 5.75 Å². The molecule has 1 unspecified atom stereocenters. The molecule has 0 saturated heterocycles. The Balaban J connectivity index is 0.00000338. The van der Waals surface area contributed by atoms with Crippen LogP contribution in [0.1, 0.15) is 5.56 Å². The highest BCUT2D eigenvalue weighted by molar-refractivity contribution is 5.73. The number of carbonyl (C=O) groups is 1. The molecule has 0 saturated carbocycles. The van der Waals surface area contributed by atoms with Gasteiger partial charge < -0.3 is 21.1 Å². The molecule has 2 rings (SSSR count). The predicted molar refractivity (Wildman–Crippen MR) is 89.2 cm³/mol. The van der Waals surface area contributed by atoms with E-state index in [2.05, 4.69) is 0 Å². The highest BCUT2D eigenvalue weighted by atomic mass is 16.6. The minimum atomic E-state index is -1.12. The van der Waals surface area contributed by atoms with Crippen LogP contribution in [0.3, 0.4) is 0 Å². The molecular formula is C15H15N3O8. The van der Waals surface area contributed by atoms with Crippen molar-refractivity contribution in [1.29, 1.82) is 0 Å². The van der Waals surface area contributed by atoms with Gasteiger partial charge in [-0.3, -0.25) is 25.0 Å². The van der Waals surface area contributed by atoms with Crippen molar-refractivity contribution in [2.75, 3.05) is 0 Å². The van der Waals surface area contributed by atoms with Crippen molar-refractivity contribution >= 4 is 17.3 Å². The smallest absolute Gasteiger partial charge is 0.320 e. The fraction of sp³-hybridized carbons (Fsp3) is 0.133. The lowest BCUT2D eigenvalue weighted by Crippen LogP contribution is -2.32. The van der Waals surface area contributed by atoms with E-state index in [1.807, 2.05) is 0 Å². The number of hydrogen-bond acceptors (Lipinski definition) is 7. The first-order valence-corrected chi connectivity index (χ1v) is 6.96. The second kappa shape index (κ2) is 8.50. The van der Waals surface area contributed by atoms with Crippen molar-refractivity contribution in [3.8, 4) is 11.5 Å². The van der Waals surface area contributed by atoms with Crippen LogP contribution >= 0.6 is 0 Å². The summed E-state index contributed by atoms with van der Waals surface area (Å²) >= 11 is 0. The van der Waals surface area contributed by atoms with Crippen molar-refractivity contribution in [2.45, 2.75) is 12.5 Å². The third-order valence-corrected chi connectivity index (χ3v) is 3.27. The zero-order valence-electron chi connectivity index (χ0n) is 13.2. The molecule has 0 bridgehead atoms. The summed E-state index contributed by atoms with van der Waals surface area (Å²) in [4.78, 5) is 31.0. The molecule has 2 aromatic carbocycles. The molecule has 138 valence electrons. The average Bonchev–Trinajstić information content (AvgIpc) is 2.56. The molecule has 0 spiro atoms. The summed E-state index contributed by atoms with van der Waals surface area (Å²) in [6.45, 7) is 0. The number of carboxylic acid groups (broad SMARTS) is 1. The normalized spacial score (nSPS) is 11.1. The molecule has 0 amide bonds. The van der Waals surface area contributed by atoms with E-state index in [0.717, 1.165) is 18.2 Å². The minimum absolute atomic E-state index is 0. The van der Waals surface area contributed by atoms with Crippen LogP contribution in [0, 0.1) is 20.2 Å². The van der Waals surface area contributed by atoms with Crippen LogP contribution in [-0.4, -0.2) is 32.4 Å². The Bertz CT molecular complexity index is 822. The first kappa shape index (κ1) is 20.5. The van der Waals surface area contributed by atoms with Gasteiger partial charge in [0.1, 0.15) is 11.8 Å². The fourth-order valence-corrected chi connectivity index (χ4v) is 2.01. The second-order valence-corrected chi connectivity index (χ2v) is 5.06. The number of nitro benzene ring substituents is 2. The molecule has 11 heteroatoms. The van der Waals surface area contributed by atoms with Crippen LogP contribution in [0.4, 0.5) is 11.4 Å². The molecule has 0 heterocycles. The van der Waals surface area contributed by atoms with Crippen LogP contribution in [-0.2, 0) is 11.2 Å². The molecule has 0 radical (unpaired) electrons. The number of hydrogen-bond donors (Lipinski definition) is 2. The molecule has 26 heavy (non-hydrogen) atoms. The van der Waals surface area contributed by atoms with Crippen molar-refractivity contribution < 1.29 is 30.0 Å². The molecule has 1 atom stereocenters. The van der Waals surface area contributed by atoms with E-state index in [-0.39, 0.29) is 23.4 Å². The van der Waals surface area contributed by atoms with E-state index in [0.29, 0.717) is 5.56 Å². The van der Waals surface area contributed by atoms with E-state index < -0.39 is 33.2 Å². The average molecular weight is 365 g/mol. The maximum atomic E-state index is 11.1. The summed E-state index contributed by atoms with van der Waals surface area (Å²) < 4.78 is 5.40. The SMILES string of the molecule is NC(Cc1ccc(Oc2ccc([N+](=O)[O-])cc2[N+](=O)[O-])cc1)C(=O)O.O. The Labute approximate surface area is 146 Å². The molecule has 0 fully saturated rings. The number of nitrogens with zero attached hydrogens (tertiary/aromatic N) is 2. The maximum Gasteiger partial charge on any atom is 0.320 e. The van der Waals surface area contributed by atoms with Crippen LogP contribution < -0.4 is 10.5 Å². The number of aliphatic carboxylic acids is 1. The van der Waals surface area contributed by atoms with Crippen molar-refractivity contribution in [2.24, 2.45) is 5.73 Å². The number of nitrogens with two attached hydrogens (primary N) is 1. The molecule has 2 aromatic rings. The number of ether oxygens (including phenoxy) is 1. The van der Waals surface area contributed by atoms with Gasteiger partial charge in [0.25, 0.3) is 5.69 Å². The quantitative estimate of drug-likeness (QED) is 0.543. The standard InChI is InChI=1S/C15H13N3O7.H2O/c16-12(15(19)20)7-9-1-4-11(5-2-9)25-14-6-3-10(17(21)22)8-13(14)18(23)24;/h1-6,8,12H,7,16H2,(H,19,20);1H2. The highest BCUT2D eigenvalue weighted by Gasteiger charge is 2.21. The van der Waals surface area contributed by atoms with E-state index in [1.54, 1.807) is 12.1 Å². The highest BCUT2D eigenvalue weighted by Crippen LogP contribution is 2.34. The Hall–Kier alpha value is -3.57. The van der Waals surface area contributed by atoms with Gasteiger partial charge in [-0.05, 0) is 30.2 Å². The summed E-state index contributed by atoms with van der Waals surface area (Å²) in [6.07, 6.45) is 0.118. The van der Waals surface area contributed by atoms with Crippen LogP contribution in [0.5, 0.6) is 11.5 Å². The Morgan fingerprint density at radius 2 is 1.73 bits per heavy atom. The zero-order chi connectivity index (χ0) is 18.6. The van der Waals surface area contributed by atoms with Gasteiger partial charge in [-0.2, -0.15) is 0 Å². The molecule has 0 aliphatic rings. The van der Waals surface area contributed by atoms with E-state index >= 15 is 0 Å². The summed E-state index contributed by atoms with van der Waals surface area (Å²) in [5.74, 6) is -1.02. The van der Waals surface area contributed by atoms with Crippen LogP contribution in [0.2, 0.25) is 0 Å². The Morgan fingerprint density at radius 1 is 1.12 bits per heavy atom. The fourth-order valence-electron chi connectivity index (χ4n) is 2.01. The molecule has 0 aliphatic carbocycles. The summed E-state index contributed by atoms with van der Waals surface area (Å²) in [5.41, 5.74) is 5.14. The third-order valence-electron chi connectivity index (χ3n) is 3.27. The number of carboxylic acids is 1. The summed E-state index contributed by atoms with van der Waals surface area (Å²) in [6, 6.07) is 8.17. The Morgan fingerprint density at radius 3 is 2.23 bits per heavy atom. The minimum Gasteiger partial charge on any atom is -0.480 e. The van der Waals surface area contributed by atoms with Crippen LogP contribution in [0.25, 0.3) is 0 Å². The van der Waals surface area contributed by atoms with E-state index in [1.165, 1.54) is 12.1 Å². The van der Waals surface area contributed by atoms with E-state index in [4.69, 9.17) is 15.6 Å². The topological polar surface area (TPSA) is 190 Å². The second-order valence-electron chi connectivity index (χ2n) is 5.06. The Kier molecular flexibility index (Phi) is 6.70. The van der Waals surface area contributed by atoms with Gasteiger partial charge >= 0.3 is 11.7 Å². The number of non-ortho nitro benzene ring substituents is 1. The molecule has 11 nitrogen and oxygen atoms in total. The number of rotatable bonds is 7. The van der Waals surface area contributed by atoms with Gasteiger partial charge in [0.05, 0.1) is 15.9 Å². The van der Waals surface area contributed by atoms with Gasteiger partial charge in [-0.25, -0.2) is 0 Å². The molecular weight excluding hydrogens is 350 g/mol.